The summed E-state index contributed by atoms with van der Waals surface area (Å²) in [5.74, 6) is 1.56. The van der Waals surface area contributed by atoms with Gasteiger partial charge in [-0.05, 0) is 33.1 Å². The van der Waals surface area contributed by atoms with Crippen molar-refractivity contribution < 1.29 is 9.53 Å². The number of fused-ring (bicyclic) bond motifs is 1. The lowest BCUT2D eigenvalue weighted by molar-refractivity contribution is -0.136. The van der Waals surface area contributed by atoms with Crippen molar-refractivity contribution in [3.05, 3.63) is 17.7 Å². The molecule has 0 unspecified atom stereocenters. The van der Waals surface area contributed by atoms with Gasteiger partial charge in [0.25, 0.3) is 0 Å². The molecule has 3 heterocycles. The van der Waals surface area contributed by atoms with Crippen LogP contribution in [0.15, 0.2) is 6.20 Å². The fourth-order valence-electron chi connectivity index (χ4n) is 4.33. The van der Waals surface area contributed by atoms with Crippen LogP contribution in [0, 0.1) is 12.8 Å². The van der Waals surface area contributed by atoms with Crippen LogP contribution in [0.3, 0.4) is 0 Å². The van der Waals surface area contributed by atoms with E-state index < -0.39 is 0 Å². The van der Waals surface area contributed by atoms with Gasteiger partial charge in [-0.25, -0.2) is 4.98 Å². The van der Waals surface area contributed by atoms with Gasteiger partial charge in [-0.3, -0.25) is 9.69 Å². The molecule has 1 fully saturated rings. The zero-order valence-corrected chi connectivity index (χ0v) is 16.2. The molecule has 1 aromatic rings. The summed E-state index contributed by atoms with van der Waals surface area (Å²) >= 11 is 0. The third kappa shape index (κ3) is 4.23. The van der Waals surface area contributed by atoms with Crippen LogP contribution in [0.25, 0.3) is 0 Å². The van der Waals surface area contributed by atoms with Crippen LogP contribution in [-0.2, 0) is 22.5 Å². The Morgan fingerprint density at radius 1 is 1.28 bits per heavy atom. The summed E-state index contributed by atoms with van der Waals surface area (Å²) in [5.41, 5.74) is 1.05. The number of amides is 1. The van der Waals surface area contributed by atoms with Gasteiger partial charge in [0.1, 0.15) is 5.82 Å². The van der Waals surface area contributed by atoms with Gasteiger partial charge in [0.05, 0.1) is 23.9 Å². The number of imidazole rings is 1. The van der Waals surface area contributed by atoms with Gasteiger partial charge in [-0.1, -0.05) is 13.8 Å². The second-order valence-electron chi connectivity index (χ2n) is 8.10. The highest BCUT2D eigenvalue weighted by molar-refractivity contribution is 5.82. The zero-order chi connectivity index (χ0) is 18.1. The minimum absolute atomic E-state index is 0.0975. The van der Waals surface area contributed by atoms with Crippen LogP contribution in [-0.4, -0.2) is 57.7 Å². The highest BCUT2D eigenvalue weighted by Gasteiger charge is 2.35. The molecule has 0 radical (unpaired) electrons. The quantitative estimate of drug-likeness (QED) is 0.901. The molecule has 0 aromatic carbocycles. The summed E-state index contributed by atoms with van der Waals surface area (Å²) < 4.78 is 8.02. The first-order valence-corrected chi connectivity index (χ1v) is 9.56. The lowest BCUT2D eigenvalue weighted by atomic mass is 9.98. The average Bonchev–Trinajstić information content (AvgIpc) is 2.85. The number of carbonyl (C=O) groups is 1. The Balaban J connectivity index is 1.65. The number of ether oxygens (including phenoxy) is 1. The van der Waals surface area contributed by atoms with Crippen molar-refractivity contribution in [2.24, 2.45) is 5.92 Å². The minimum atomic E-state index is -0.0975. The molecule has 2 aliphatic rings. The van der Waals surface area contributed by atoms with Gasteiger partial charge >= 0.3 is 0 Å². The Morgan fingerprint density at radius 3 is 2.60 bits per heavy atom. The van der Waals surface area contributed by atoms with Gasteiger partial charge in [0.2, 0.25) is 5.91 Å². The van der Waals surface area contributed by atoms with Gasteiger partial charge in [0, 0.05) is 38.3 Å². The van der Waals surface area contributed by atoms with Gasteiger partial charge in [-0.15, -0.1) is 0 Å². The number of carbonyl (C=O) groups excluding carboxylic acids is 1. The number of hydrogen-bond donors (Lipinski definition) is 1. The van der Waals surface area contributed by atoms with Crippen LogP contribution in [0.5, 0.6) is 0 Å². The molecule has 3 rings (SSSR count). The van der Waals surface area contributed by atoms with Gasteiger partial charge < -0.3 is 14.6 Å². The standard InChI is InChI=1S/C19H32N4O2/c1-12(2)18(23-9-14(4)25-15(5)10-23)19(24)21-16-6-7-17-20-13(3)8-22(17)11-16/h8,12,14-16,18H,6-7,9-11H2,1-5H3,(H,21,24)/t14-,15-,16+,18+/m1/s1. The number of hydrogen-bond acceptors (Lipinski definition) is 4. The summed E-state index contributed by atoms with van der Waals surface area (Å²) in [6.07, 6.45) is 4.31. The molecule has 2 aliphatic heterocycles. The van der Waals surface area contributed by atoms with Crippen molar-refractivity contribution in [2.45, 2.75) is 78.3 Å². The summed E-state index contributed by atoms with van der Waals surface area (Å²) in [6.45, 7) is 12.9. The van der Waals surface area contributed by atoms with Gasteiger partial charge in [0.15, 0.2) is 0 Å². The van der Waals surface area contributed by atoms with E-state index >= 15 is 0 Å². The van der Waals surface area contributed by atoms with Crippen LogP contribution in [0.1, 0.15) is 45.6 Å². The molecule has 4 atom stereocenters. The van der Waals surface area contributed by atoms with Crippen molar-refractivity contribution in [3.63, 3.8) is 0 Å². The first-order chi connectivity index (χ1) is 11.8. The zero-order valence-electron chi connectivity index (χ0n) is 16.2. The largest absolute Gasteiger partial charge is 0.373 e. The van der Waals surface area contributed by atoms with E-state index in [1.165, 1.54) is 0 Å². The van der Waals surface area contributed by atoms with Crippen molar-refractivity contribution >= 4 is 5.91 Å². The Morgan fingerprint density at radius 2 is 1.96 bits per heavy atom. The second kappa shape index (κ2) is 7.46. The van der Waals surface area contributed by atoms with E-state index in [0.29, 0.717) is 0 Å². The lowest BCUT2D eigenvalue weighted by Crippen LogP contribution is -2.58. The van der Waals surface area contributed by atoms with E-state index in [4.69, 9.17) is 4.74 Å². The molecule has 1 aromatic heterocycles. The molecule has 0 saturated carbocycles. The Bertz CT molecular complexity index is 603. The molecule has 6 nitrogen and oxygen atoms in total. The summed E-state index contributed by atoms with van der Waals surface area (Å²) in [5, 5.41) is 3.31. The number of rotatable bonds is 4. The lowest BCUT2D eigenvalue weighted by Gasteiger charge is -2.41. The van der Waals surface area contributed by atoms with Crippen molar-refractivity contribution in [1.82, 2.24) is 19.8 Å². The van der Waals surface area contributed by atoms with Crippen molar-refractivity contribution in [2.75, 3.05) is 13.1 Å². The Kier molecular flexibility index (Phi) is 5.49. The van der Waals surface area contributed by atoms with Crippen LogP contribution >= 0.6 is 0 Å². The Labute approximate surface area is 150 Å². The number of aromatic nitrogens is 2. The van der Waals surface area contributed by atoms with Crippen LogP contribution in [0.2, 0.25) is 0 Å². The predicted octanol–water partition coefficient (Wildman–Crippen LogP) is 1.76. The van der Waals surface area contributed by atoms with E-state index in [0.717, 1.165) is 44.0 Å². The molecular weight excluding hydrogens is 316 g/mol. The maximum absolute atomic E-state index is 13.1. The molecule has 1 amide bonds. The highest BCUT2D eigenvalue weighted by Crippen LogP contribution is 2.20. The van der Waals surface area contributed by atoms with Gasteiger partial charge in [-0.2, -0.15) is 0 Å². The summed E-state index contributed by atoms with van der Waals surface area (Å²) in [4.78, 5) is 19.9. The molecule has 140 valence electrons. The second-order valence-corrected chi connectivity index (χ2v) is 8.10. The molecule has 0 aliphatic carbocycles. The molecule has 0 bridgehead atoms. The number of nitrogens with zero attached hydrogens (tertiary/aromatic N) is 3. The fraction of sp³-hybridized carbons (Fsp3) is 0.789. The number of nitrogens with one attached hydrogen (secondary N) is 1. The van der Waals surface area contributed by atoms with Crippen LogP contribution in [0.4, 0.5) is 0 Å². The van der Waals surface area contributed by atoms with Crippen molar-refractivity contribution in [3.8, 4) is 0 Å². The molecular formula is C19H32N4O2. The van der Waals surface area contributed by atoms with E-state index in [-0.39, 0.29) is 36.1 Å². The summed E-state index contributed by atoms with van der Waals surface area (Å²) in [6, 6.07) is 0.0884. The maximum Gasteiger partial charge on any atom is 0.237 e. The van der Waals surface area contributed by atoms with E-state index in [1.54, 1.807) is 0 Å². The fourth-order valence-corrected chi connectivity index (χ4v) is 4.33. The average molecular weight is 348 g/mol. The third-order valence-electron chi connectivity index (χ3n) is 5.20. The normalized spacial score (nSPS) is 28.6. The Hall–Kier alpha value is -1.40. The summed E-state index contributed by atoms with van der Waals surface area (Å²) in [7, 11) is 0. The monoisotopic (exact) mass is 348 g/mol. The van der Waals surface area contributed by atoms with Crippen LogP contribution < -0.4 is 5.32 Å². The first kappa shape index (κ1) is 18.4. The smallest absolute Gasteiger partial charge is 0.237 e. The molecule has 25 heavy (non-hydrogen) atoms. The predicted molar refractivity (Wildman–Crippen MR) is 97.4 cm³/mol. The highest BCUT2D eigenvalue weighted by atomic mass is 16.5. The SMILES string of the molecule is Cc1cn2c(n1)CC[C@H](NC(=O)[C@H](C(C)C)N1C[C@@H](C)O[C@H](C)C1)C2. The molecule has 6 heteroatoms. The first-order valence-electron chi connectivity index (χ1n) is 9.56. The number of aryl methyl sites for hydroxylation is 2. The molecule has 1 saturated heterocycles. The third-order valence-corrected chi connectivity index (χ3v) is 5.20. The maximum atomic E-state index is 13.1. The number of morpholine rings is 1. The topological polar surface area (TPSA) is 59.4 Å². The molecule has 0 spiro atoms. The minimum Gasteiger partial charge on any atom is -0.373 e. The van der Waals surface area contributed by atoms with Crippen molar-refractivity contribution in [1.29, 1.82) is 0 Å². The molecule has 1 N–H and O–H groups in total. The van der Waals surface area contributed by atoms with E-state index in [2.05, 4.69) is 53.7 Å². The van der Waals surface area contributed by atoms with E-state index in [1.807, 2.05) is 6.92 Å². The van der Waals surface area contributed by atoms with E-state index in [9.17, 15) is 4.79 Å².